The van der Waals surface area contributed by atoms with E-state index in [4.69, 9.17) is 0 Å². The van der Waals surface area contributed by atoms with Crippen molar-refractivity contribution in [2.75, 3.05) is 33.2 Å². The third-order valence-electron chi connectivity index (χ3n) is 7.49. The van der Waals surface area contributed by atoms with Crippen molar-refractivity contribution in [3.05, 3.63) is 48.0 Å². The SMILES string of the molecule is CCC(C)C(NC(=O)CNC(=O)[C@H](Cc1ccccc1)NC(=O)CNC(=O)CNC(=O)CCCCCN1C(=O)C=CC1=O)C(=O)NC. The summed E-state index contributed by atoms with van der Waals surface area (Å²) in [6, 6.07) is 7.06. The second-order valence-electron chi connectivity index (χ2n) is 11.1. The fourth-order valence-electron chi connectivity index (χ4n) is 4.57. The van der Waals surface area contributed by atoms with E-state index in [9.17, 15) is 38.4 Å². The summed E-state index contributed by atoms with van der Waals surface area (Å²) in [5, 5.41) is 15.1. The summed E-state index contributed by atoms with van der Waals surface area (Å²) in [6.07, 6.45) is 4.99. The number of rotatable bonds is 20. The van der Waals surface area contributed by atoms with Crippen LogP contribution < -0.4 is 31.9 Å². The van der Waals surface area contributed by atoms with Crippen LogP contribution in [0.3, 0.4) is 0 Å². The van der Waals surface area contributed by atoms with Gasteiger partial charge in [-0.3, -0.25) is 43.3 Å². The highest BCUT2D eigenvalue weighted by molar-refractivity contribution is 6.12. The molecule has 47 heavy (non-hydrogen) atoms. The number of nitrogens with zero attached hydrogens (tertiary/aromatic N) is 1. The average Bonchev–Trinajstić information content (AvgIpc) is 3.39. The molecule has 1 heterocycles. The van der Waals surface area contributed by atoms with E-state index in [1.54, 1.807) is 30.3 Å². The number of hydrogen-bond acceptors (Lipinski definition) is 8. The van der Waals surface area contributed by atoms with Gasteiger partial charge in [-0.05, 0) is 24.3 Å². The number of amides is 8. The van der Waals surface area contributed by atoms with Crippen molar-refractivity contribution in [3.63, 3.8) is 0 Å². The molecule has 1 aliphatic heterocycles. The molecule has 0 fully saturated rings. The Balaban J connectivity index is 1.77. The summed E-state index contributed by atoms with van der Waals surface area (Å²) in [5.41, 5.74) is 0.746. The van der Waals surface area contributed by atoms with Crippen molar-refractivity contribution in [2.45, 2.75) is 64.5 Å². The Bertz CT molecular complexity index is 1300. The fraction of sp³-hybridized carbons (Fsp3) is 0.500. The van der Waals surface area contributed by atoms with Crippen molar-refractivity contribution in [2.24, 2.45) is 5.92 Å². The van der Waals surface area contributed by atoms with Gasteiger partial charge in [-0.15, -0.1) is 0 Å². The van der Waals surface area contributed by atoms with Crippen LogP contribution in [-0.4, -0.2) is 97.5 Å². The number of benzene rings is 1. The smallest absolute Gasteiger partial charge is 0.253 e. The molecular weight excluding hydrogens is 610 g/mol. The highest BCUT2D eigenvalue weighted by atomic mass is 16.2. The molecule has 8 amide bonds. The van der Waals surface area contributed by atoms with E-state index in [2.05, 4.69) is 31.9 Å². The summed E-state index contributed by atoms with van der Waals surface area (Å²) in [4.78, 5) is 98.9. The van der Waals surface area contributed by atoms with Gasteiger partial charge in [0, 0.05) is 38.6 Å². The first-order valence-corrected chi connectivity index (χ1v) is 15.6. The lowest BCUT2D eigenvalue weighted by Crippen LogP contribution is -2.54. The number of likely N-dealkylation sites (N-methyl/N-ethyl adjacent to an activating group) is 1. The average molecular weight is 656 g/mol. The summed E-state index contributed by atoms with van der Waals surface area (Å²) >= 11 is 0. The van der Waals surface area contributed by atoms with Crippen molar-refractivity contribution < 1.29 is 38.4 Å². The standard InChI is InChI=1S/C32H45N7O8/c1-4-21(2)30(32(47)33-3)38-27(43)20-36-31(46)23(17-22-11-7-5-8-12-22)37-26(42)19-35-25(41)18-34-24(40)13-9-6-10-16-39-28(44)14-15-29(39)45/h5,7-8,11-12,14-15,21,23,30H,4,6,9-10,13,16-20H2,1-3H3,(H,33,47)(H,34,40)(H,35,41)(H,36,46)(H,37,42)(H,38,43)/t21?,23-,30?/m0/s1. The topological polar surface area (TPSA) is 212 Å². The van der Waals surface area contributed by atoms with Crippen LogP contribution in [0.25, 0.3) is 0 Å². The minimum Gasteiger partial charge on any atom is -0.357 e. The molecule has 1 aromatic rings. The number of carbonyl (C=O) groups excluding carboxylic acids is 8. The third-order valence-corrected chi connectivity index (χ3v) is 7.49. The molecule has 3 atom stereocenters. The minimum atomic E-state index is -1.07. The highest BCUT2D eigenvalue weighted by Gasteiger charge is 2.27. The lowest BCUT2D eigenvalue weighted by Gasteiger charge is -2.23. The van der Waals surface area contributed by atoms with Gasteiger partial charge in [-0.2, -0.15) is 0 Å². The van der Waals surface area contributed by atoms with Gasteiger partial charge in [0.1, 0.15) is 12.1 Å². The predicted octanol–water partition coefficient (Wildman–Crippen LogP) is -1.18. The zero-order chi connectivity index (χ0) is 34.8. The molecule has 1 aromatic carbocycles. The van der Waals surface area contributed by atoms with Crippen LogP contribution in [0, 0.1) is 5.92 Å². The van der Waals surface area contributed by atoms with Crippen molar-refractivity contribution in [1.82, 2.24) is 36.8 Å². The van der Waals surface area contributed by atoms with Gasteiger partial charge in [0.2, 0.25) is 35.4 Å². The molecule has 0 spiro atoms. The van der Waals surface area contributed by atoms with Gasteiger partial charge in [0.05, 0.1) is 19.6 Å². The first kappa shape index (κ1) is 38.1. The molecule has 256 valence electrons. The molecule has 0 saturated heterocycles. The van der Waals surface area contributed by atoms with Crippen LogP contribution in [0.4, 0.5) is 0 Å². The van der Waals surface area contributed by atoms with Crippen LogP contribution in [0.5, 0.6) is 0 Å². The Kier molecular flexibility index (Phi) is 16.3. The van der Waals surface area contributed by atoms with Gasteiger partial charge in [-0.1, -0.05) is 57.0 Å². The largest absolute Gasteiger partial charge is 0.357 e. The first-order valence-electron chi connectivity index (χ1n) is 15.6. The van der Waals surface area contributed by atoms with E-state index in [0.717, 1.165) is 10.5 Å². The Morgan fingerprint density at radius 2 is 1.32 bits per heavy atom. The van der Waals surface area contributed by atoms with Crippen LogP contribution in [0.2, 0.25) is 0 Å². The van der Waals surface area contributed by atoms with E-state index in [1.165, 1.54) is 19.2 Å². The van der Waals surface area contributed by atoms with E-state index in [-0.39, 0.29) is 55.5 Å². The van der Waals surface area contributed by atoms with Crippen molar-refractivity contribution in [1.29, 1.82) is 0 Å². The normalized spacial score (nSPS) is 14.1. The van der Waals surface area contributed by atoms with Crippen molar-refractivity contribution >= 4 is 47.3 Å². The van der Waals surface area contributed by atoms with Gasteiger partial charge in [0.25, 0.3) is 11.8 Å². The third kappa shape index (κ3) is 13.8. The van der Waals surface area contributed by atoms with Gasteiger partial charge in [0.15, 0.2) is 0 Å². The van der Waals surface area contributed by atoms with E-state index in [1.807, 2.05) is 13.8 Å². The quantitative estimate of drug-likeness (QED) is 0.0742. The summed E-state index contributed by atoms with van der Waals surface area (Å²) in [6.45, 7) is 2.75. The maximum Gasteiger partial charge on any atom is 0.253 e. The van der Waals surface area contributed by atoms with E-state index in [0.29, 0.717) is 25.7 Å². The number of nitrogens with one attached hydrogen (secondary N) is 6. The van der Waals surface area contributed by atoms with E-state index >= 15 is 0 Å². The zero-order valence-electron chi connectivity index (χ0n) is 27.1. The molecular formula is C32H45N7O8. The molecule has 15 heteroatoms. The number of unbranched alkanes of at least 4 members (excludes halogenated alkanes) is 2. The lowest BCUT2D eigenvalue weighted by molar-refractivity contribution is -0.137. The van der Waals surface area contributed by atoms with Gasteiger partial charge in [-0.25, -0.2) is 0 Å². The maximum absolute atomic E-state index is 13.0. The van der Waals surface area contributed by atoms with Crippen LogP contribution in [0.1, 0.15) is 51.5 Å². The minimum absolute atomic E-state index is 0.110. The second kappa shape index (κ2) is 20.1. The van der Waals surface area contributed by atoms with Crippen LogP contribution >= 0.6 is 0 Å². The second-order valence-corrected chi connectivity index (χ2v) is 11.1. The van der Waals surface area contributed by atoms with Gasteiger partial charge < -0.3 is 31.9 Å². The molecule has 0 aromatic heterocycles. The summed E-state index contributed by atoms with van der Waals surface area (Å²) in [5.74, 6) is -4.03. The molecule has 0 bridgehead atoms. The van der Waals surface area contributed by atoms with Crippen molar-refractivity contribution in [3.8, 4) is 0 Å². The highest BCUT2D eigenvalue weighted by Crippen LogP contribution is 2.09. The van der Waals surface area contributed by atoms with Gasteiger partial charge >= 0.3 is 0 Å². The number of imide groups is 1. The maximum atomic E-state index is 13.0. The molecule has 0 aliphatic carbocycles. The Morgan fingerprint density at radius 1 is 0.723 bits per heavy atom. The molecule has 6 N–H and O–H groups in total. The van der Waals surface area contributed by atoms with E-state index < -0.39 is 48.8 Å². The fourth-order valence-corrected chi connectivity index (χ4v) is 4.57. The Labute approximate surface area is 274 Å². The molecule has 2 unspecified atom stereocenters. The number of hydrogen-bond donors (Lipinski definition) is 6. The monoisotopic (exact) mass is 655 g/mol. The Hall–Kier alpha value is -5.08. The van der Waals surface area contributed by atoms with Crippen LogP contribution in [0.15, 0.2) is 42.5 Å². The molecule has 0 radical (unpaired) electrons. The summed E-state index contributed by atoms with van der Waals surface area (Å²) < 4.78 is 0. The molecule has 2 rings (SSSR count). The first-order chi connectivity index (χ1) is 22.4. The lowest BCUT2D eigenvalue weighted by atomic mass is 9.98. The zero-order valence-corrected chi connectivity index (χ0v) is 27.1. The molecule has 0 saturated carbocycles. The number of carbonyl (C=O) groups is 8. The summed E-state index contributed by atoms with van der Waals surface area (Å²) in [7, 11) is 1.47. The van der Waals surface area contributed by atoms with Crippen LogP contribution in [-0.2, 0) is 44.8 Å². The molecule has 15 nitrogen and oxygen atoms in total. The predicted molar refractivity (Wildman–Crippen MR) is 171 cm³/mol. The molecule has 1 aliphatic rings. The Morgan fingerprint density at radius 3 is 1.96 bits per heavy atom.